The number of oxime groups is 1. The number of rotatable bonds is 2. The number of benzene rings is 1. The molecular formula is C13H9Cl2F4NO3. The third-order valence-electron chi connectivity index (χ3n) is 3.07. The van der Waals surface area contributed by atoms with Gasteiger partial charge in [-0.05, 0) is 24.6 Å². The van der Waals surface area contributed by atoms with Crippen LogP contribution in [0.25, 0.3) is 0 Å². The molecular weight excluding hydrogens is 365 g/mol. The number of ether oxygens (including phenoxy) is 1. The SMILES string of the molecule is CC(=O)OC1(C(F)(F)F)ON=C(c2cc(C)c(Cl)cc2F)C1Cl. The second kappa shape index (κ2) is 5.83. The van der Waals surface area contributed by atoms with Crippen molar-refractivity contribution >= 4 is 34.9 Å². The molecule has 1 aliphatic rings. The normalized spacial score (nSPS) is 24.2. The molecule has 23 heavy (non-hydrogen) atoms. The average molecular weight is 374 g/mol. The molecule has 0 N–H and O–H groups in total. The molecule has 0 saturated heterocycles. The van der Waals surface area contributed by atoms with Crippen molar-refractivity contribution in [1.29, 1.82) is 0 Å². The van der Waals surface area contributed by atoms with E-state index in [1.165, 1.54) is 13.0 Å². The lowest BCUT2D eigenvalue weighted by Crippen LogP contribution is -2.56. The second-order valence-corrected chi connectivity index (χ2v) is 5.61. The zero-order valence-corrected chi connectivity index (χ0v) is 13.2. The van der Waals surface area contributed by atoms with Gasteiger partial charge in [-0.25, -0.2) is 4.39 Å². The van der Waals surface area contributed by atoms with Crippen molar-refractivity contribution in [1.82, 2.24) is 0 Å². The van der Waals surface area contributed by atoms with E-state index in [0.717, 1.165) is 13.0 Å². The molecule has 0 amide bonds. The van der Waals surface area contributed by atoms with Gasteiger partial charge in [-0.15, -0.1) is 11.6 Å². The van der Waals surface area contributed by atoms with E-state index in [1.54, 1.807) is 0 Å². The van der Waals surface area contributed by atoms with Gasteiger partial charge in [0.05, 0.1) is 0 Å². The number of halogens is 6. The Hall–Kier alpha value is -1.54. The standard InChI is InChI=1S/C13H9Cl2F4NO3/c1-5-3-7(9(16)4-8(5)14)10-11(15)12(23-20-10,13(17,18)19)22-6(2)21/h3-4,11H,1-2H3. The minimum atomic E-state index is -5.19. The van der Waals surface area contributed by atoms with Crippen molar-refractivity contribution in [3.05, 3.63) is 34.1 Å². The van der Waals surface area contributed by atoms with Crippen molar-refractivity contribution in [2.75, 3.05) is 0 Å². The summed E-state index contributed by atoms with van der Waals surface area (Å²) in [7, 11) is 0. The summed E-state index contributed by atoms with van der Waals surface area (Å²) in [5.74, 6) is -5.73. The number of alkyl halides is 4. The number of aryl methyl sites for hydroxylation is 1. The monoisotopic (exact) mass is 373 g/mol. The Morgan fingerprint density at radius 3 is 2.57 bits per heavy atom. The van der Waals surface area contributed by atoms with E-state index in [9.17, 15) is 22.4 Å². The van der Waals surface area contributed by atoms with Crippen LogP contribution in [0.4, 0.5) is 17.6 Å². The topological polar surface area (TPSA) is 47.9 Å². The maximum atomic E-state index is 14.0. The summed E-state index contributed by atoms with van der Waals surface area (Å²) < 4.78 is 58.1. The molecule has 1 aliphatic heterocycles. The highest BCUT2D eigenvalue weighted by Crippen LogP contribution is 2.45. The van der Waals surface area contributed by atoms with Crippen LogP contribution in [0.2, 0.25) is 5.02 Å². The van der Waals surface area contributed by atoms with Gasteiger partial charge in [0.25, 0.3) is 0 Å². The molecule has 10 heteroatoms. The number of esters is 1. The highest BCUT2D eigenvalue weighted by molar-refractivity contribution is 6.37. The van der Waals surface area contributed by atoms with E-state index in [1.807, 2.05) is 0 Å². The van der Waals surface area contributed by atoms with Gasteiger partial charge < -0.3 is 9.57 Å². The van der Waals surface area contributed by atoms with Crippen LogP contribution < -0.4 is 0 Å². The summed E-state index contributed by atoms with van der Waals surface area (Å²) in [5.41, 5.74) is -0.487. The van der Waals surface area contributed by atoms with E-state index in [-0.39, 0.29) is 10.6 Å². The summed E-state index contributed by atoms with van der Waals surface area (Å²) in [6.07, 6.45) is -5.19. The van der Waals surface area contributed by atoms with Crippen LogP contribution in [-0.4, -0.2) is 29.0 Å². The number of carbonyl (C=O) groups is 1. The number of nitrogens with zero attached hydrogens (tertiary/aromatic N) is 1. The van der Waals surface area contributed by atoms with Crippen LogP contribution in [0.5, 0.6) is 0 Å². The number of carbonyl (C=O) groups excluding carboxylic acids is 1. The third-order valence-corrected chi connectivity index (χ3v) is 3.97. The Morgan fingerprint density at radius 1 is 1.43 bits per heavy atom. The summed E-state index contributed by atoms with van der Waals surface area (Å²) >= 11 is 11.5. The van der Waals surface area contributed by atoms with Crippen LogP contribution in [0, 0.1) is 12.7 Å². The van der Waals surface area contributed by atoms with Crippen LogP contribution in [0.3, 0.4) is 0 Å². The minimum absolute atomic E-state index is 0.0824. The van der Waals surface area contributed by atoms with Crippen LogP contribution in [0.1, 0.15) is 18.1 Å². The Morgan fingerprint density at radius 2 is 2.04 bits per heavy atom. The Bertz CT molecular complexity index is 693. The first-order valence-electron chi connectivity index (χ1n) is 6.12. The molecule has 2 rings (SSSR count). The molecule has 0 aliphatic carbocycles. The molecule has 126 valence electrons. The zero-order valence-electron chi connectivity index (χ0n) is 11.7. The molecule has 0 fully saturated rings. The molecule has 1 heterocycles. The first-order chi connectivity index (χ1) is 10.5. The zero-order chi connectivity index (χ0) is 17.6. The predicted molar refractivity (Wildman–Crippen MR) is 74.0 cm³/mol. The van der Waals surface area contributed by atoms with E-state index >= 15 is 0 Å². The lowest BCUT2D eigenvalue weighted by molar-refractivity contribution is -0.356. The summed E-state index contributed by atoms with van der Waals surface area (Å²) in [6, 6.07) is 2.09. The van der Waals surface area contributed by atoms with Crippen LogP contribution >= 0.6 is 23.2 Å². The molecule has 1 aromatic carbocycles. The van der Waals surface area contributed by atoms with Crippen molar-refractivity contribution < 1.29 is 31.9 Å². The van der Waals surface area contributed by atoms with E-state index in [0.29, 0.717) is 5.56 Å². The third kappa shape index (κ3) is 2.97. The Kier molecular flexibility index (Phi) is 4.51. The number of hydrogen-bond donors (Lipinski definition) is 0. The smallest absolute Gasteiger partial charge is 0.411 e. The van der Waals surface area contributed by atoms with Crippen LogP contribution in [0.15, 0.2) is 17.3 Å². The molecule has 0 spiro atoms. The summed E-state index contributed by atoms with van der Waals surface area (Å²) in [5, 5.41) is 1.18. The van der Waals surface area contributed by atoms with Crippen molar-refractivity contribution in [2.45, 2.75) is 31.2 Å². The van der Waals surface area contributed by atoms with Gasteiger partial charge in [0.1, 0.15) is 11.5 Å². The molecule has 4 nitrogen and oxygen atoms in total. The van der Waals surface area contributed by atoms with Gasteiger partial charge in [0.2, 0.25) is 0 Å². The highest BCUT2D eigenvalue weighted by atomic mass is 35.5. The molecule has 0 aromatic heterocycles. The minimum Gasteiger partial charge on any atom is -0.411 e. The molecule has 0 saturated carbocycles. The van der Waals surface area contributed by atoms with E-state index in [2.05, 4.69) is 14.7 Å². The second-order valence-electron chi connectivity index (χ2n) is 4.77. The van der Waals surface area contributed by atoms with Crippen molar-refractivity contribution in [3.63, 3.8) is 0 Å². The van der Waals surface area contributed by atoms with E-state index in [4.69, 9.17) is 23.2 Å². The molecule has 2 atom stereocenters. The largest absolute Gasteiger partial charge is 0.472 e. The molecule has 1 aromatic rings. The van der Waals surface area contributed by atoms with Crippen molar-refractivity contribution in [3.8, 4) is 0 Å². The molecule has 2 unspecified atom stereocenters. The lowest BCUT2D eigenvalue weighted by Gasteiger charge is -2.30. The van der Waals surface area contributed by atoms with Gasteiger partial charge in [-0.3, -0.25) is 4.79 Å². The van der Waals surface area contributed by atoms with Gasteiger partial charge in [-0.1, -0.05) is 16.8 Å². The average Bonchev–Trinajstić information content (AvgIpc) is 2.72. The maximum Gasteiger partial charge on any atom is 0.472 e. The molecule has 0 radical (unpaired) electrons. The van der Waals surface area contributed by atoms with E-state index < -0.39 is 34.8 Å². The Balaban J connectivity index is 2.49. The van der Waals surface area contributed by atoms with Gasteiger partial charge >= 0.3 is 17.9 Å². The van der Waals surface area contributed by atoms with Gasteiger partial charge in [0.15, 0.2) is 5.38 Å². The van der Waals surface area contributed by atoms with Gasteiger partial charge in [0, 0.05) is 17.5 Å². The summed E-state index contributed by atoms with van der Waals surface area (Å²) in [4.78, 5) is 15.3. The fraction of sp³-hybridized carbons (Fsp3) is 0.385. The van der Waals surface area contributed by atoms with Crippen LogP contribution in [-0.2, 0) is 14.4 Å². The summed E-state index contributed by atoms with van der Waals surface area (Å²) in [6.45, 7) is 2.28. The fourth-order valence-corrected chi connectivity index (χ4v) is 2.48. The first-order valence-corrected chi connectivity index (χ1v) is 6.93. The first kappa shape index (κ1) is 17.8. The lowest BCUT2D eigenvalue weighted by atomic mass is 9.99. The number of hydrogen-bond acceptors (Lipinski definition) is 4. The maximum absolute atomic E-state index is 14.0. The quantitative estimate of drug-likeness (QED) is 0.448. The Labute approximate surface area is 137 Å². The molecule has 0 bridgehead atoms. The predicted octanol–water partition coefficient (Wildman–Crippen LogP) is 3.95. The highest BCUT2D eigenvalue weighted by Gasteiger charge is 2.70. The van der Waals surface area contributed by atoms with Crippen molar-refractivity contribution in [2.24, 2.45) is 5.16 Å². The fourth-order valence-electron chi connectivity index (χ4n) is 1.97. The van der Waals surface area contributed by atoms with Gasteiger partial charge in [-0.2, -0.15) is 13.2 Å².